The number of ether oxygens (including phenoxy) is 2. The third kappa shape index (κ3) is 5.11. The maximum atomic E-state index is 13.5. The van der Waals surface area contributed by atoms with Gasteiger partial charge >= 0.3 is 12.1 Å². The number of ketones is 1. The zero-order valence-corrected chi connectivity index (χ0v) is 19.4. The molecule has 3 aromatic rings. The average Bonchev–Trinajstić information content (AvgIpc) is 3.05. The molecule has 182 valence electrons. The van der Waals surface area contributed by atoms with Crippen molar-refractivity contribution < 1.29 is 32.2 Å². The molecule has 1 aromatic carbocycles. The Bertz CT molecular complexity index is 1310. The number of fused-ring (bicyclic) bond motifs is 1. The van der Waals surface area contributed by atoms with Crippen LogP contribution in [0.4, 0.5) is 13.2 Å². The highest BCUT2D eigenvalue weighted by atomic mass is 35.5. The van der Waals surface area contributed by atoms with Crippen molar-refractivity contribution in [3.8, 4) is 5.75 Å². The van der Waals surface area contributed by atoms with E-state index in [1.165, 1.54) is 22.2 Å². The van der Waals surface area contributed by atoms with E-state index in [1.54, 1.807) is 38.1 Å². The summed E-state index contributed by atoms with van der Waals surface area (Å²) in [6, 6.07) is 7.74. The lowest BCUT2D eigenvalue weighted by Crippen LogP contribution is -2.28. The minimum Gasteiger partial charge on any atom is -0.481 e. The first kappa shape index (κ1) is 25.4. The molecule has 2 heterocycles. The van der Waals surface area contributed by atoms with Gasteiger partial charge in [-0.1, -0.05) is 30.7 Å². The number of pyridine rings is 1. The third-order valence-electron chi connectivity index (χ3n) is 5.16. The van der Waals surface area contributed by atoms with Crippen LogP contribution in [0.15, 0.2) is 35.1 Å². The highest BCUT2D eigenvalue weighted by molar-refractivity contribution is 6.31. The highest BCUT2D eigenvalue weighted by Crippen LogP contribution is 2.33. The molecule has 0 N–H and O–H groups in total. The van der Waals surface area contributed by atoms with E-state index in [1.807, 2.05) is 0 Å². The van der Waals surface area contributed by atoms with Crippen LogP contribution in [0.25, 0.3) is 10.9 Å². The summed E-state index contributed by atoms with van der Waals surface area (Å²) >= 11 is 5.95. The van der Waals surface area contributed by atoms with Gasteiger partial charge in [0, 0.05) is 23.3 Å². The fourth-order valence-electron chi connectivity index (χ4n) is 3.64. The number of aryl methyl sites for hydroxylation is 2. The predicted octanol–water partition coefficient (Wildman–Crippen LogP) is 4.56. The highest BCUT2D eigenvalue weighted by Gasteiger charge is 2.33. The standard InChI is InChI=1S/C23H22ClF3N2O5/c1-4-15-10-16-18(21(31)29(15)11-17(30)13-7-6-8-14(24)9-13)20(34-12-23(25,26)27)19(28(16)3)22(32)33-5-2/h6-10H,4-5,11-12H2,1-3H3. The van der Waals surface area contributed by atoms with Crippen molar-refractivity contribution in [3.63, 3.8) is 0 Å². The van der Waals surface area contributed by atoms with Crippen LogP contribution < -0.4 is 10.3 Å². The SMILES string of the molecule is CCOC(=O)c1c(OCC(F)(F)F)c2c(=O)n(CC(=O)c3cccc(Cl)c3)c(CC)cc2n1C. The number of hydrogen-bond acceptors (Lipinski definition) is 5. The molecule has 0 unspecified atom stereocenters. The second-order valence-electron chi connectivity index (χ2n) is 7.44. The number of halogens is 4. The van der Waals surface area contributed by atoms with Gasteiger partial charge < -0.3 is 18.6 Å². The molecule has 0 aliphatic carbocycles. The summed E-state index contributed by atoms with van der Waals surface area (Å²) in [6.45, 7) is 1.19. The summed E-state index contributed by atoms with van der Waals surface area (Å²) in [5.74, 6) is -1.89. The average molecular weight is 499 g/mol. The molecule has 0 atom stereocenters. The molecule has 11 heteroatoms. The first-order valence-corrected chi connectivity index (χ1v) is 10.8. The van der Waals surface area contributed by atoms with E-state index in [2.05, 4.69) is 0 Å². The largest absolute Gasteiger partial charge is 0.481 e. The zero-order chi connectivity index (χ0) is 25.2. The summed E-state index contributed by atoms with van der Waals surface area (Å²) < 4.78 is 51.2. The van der Waals surface area contributed by atoms with Crippen molar-refractivity contribution in [1.29, 1.82) is 0 Å². The van der Waals surface area contributed by atoms with Gasteiger partial charge in [0.1, 0.15) is 5.39 Å². The number of carbonyl (C=O) groups is 2. The van der Waals surface area contributed by atoms with Crippen LogP contribution in [0, 0.1) is 0 Å². The first-order chi connectivity index (χ1) is 16.0. The number of hydrogen-bond donors (Lipinski definition) is 0. The van der Waals surface area contributed by atoms with Crippen LogP contribution in [0.3, 0.4) is 0 Å². The molecule has 0 amide bonds. The molecule has 2 aromatic heterocycles. The molecule has 0 saturated heterocycles. The normalized spacial score (nSPS) is 11.6. The summed E-state index contributed by atoms with van der Waals surface area (Å²) in [4.78, 5) is 38.9. The number of alkyl halides is 3. The Hall–Kier alpha value is -3.27. The van der Waals surface area contributed by atoms with Gasteiger partial charge in [-0.2, -0.15) is 13.2 Å². The van der Waals surface area contributed by atoms with E-state index >= 15 is 0 Å². The van der Waals surface area contributed by atoms with Gasteiger partial charge in [-0.3, -0.25) is 9.59 Å². The van der Waals surface area contributed by atoms with Gasteiger partial charge in [-0.25, -0.2) is 4.79 Å². The lowest BCUT2D eigenvalue weighted by atomic mass is 10.1. The Morgan fingerprint density at radius 2 is 1.85 bits per heavy atom. The van der Waals surface area contributed by atoms with Crippen LogP contribution in [0.1, 0.15) is 40.4 Å². The van der Waals surface area contributed by atoms with Crippen molar-refractivity contribution in [2.75, 3.05) is 13.2 Å². The molecule has 0 saturated carbocycles. The molecule has 0 aliphatic heterocycles. The number of nitrogens with zero attached hydrogens (tertiary/aromatic N) is 2. The molecule has 0 fully saturated rings. The zero-order valence-electron chi connectivity index (χ0n) is 18.7. The number of carbonyl (C=O) groups excluding carboxylic acids is 2. The van der Waals surface area contributed by atoms with Crippen molar-refractivity contribution in [3.05, 3.63) is 62.7 Å². The van der Waals surface area contributed by atoms with E-state index < -0.39 is 35.8 Å². The first-order valence-electron chi connectivity index (χ1n) is 10.4. The maximum Gasteiger partial charge on any atom is 0.422 e. The van der Waals surface area contributed by atoms with Gasteiger partial charge in [0.05, 0.1) is 18.7 Å². The third-order valence-corrected chi connectivity index (χ3v) is 5.40. The Balaban J connectivity index is 2.23. The summed E-state index contributed by atoms with van der Waals surface area (Å²) in [5, 5.41) is 0.0974. The Kier molecular flexibility index (Phi) is 7.40. The molecular weight excluding hydrogens is 477 g/mol. The van der Waals surface area contributed by atoms with Crippen molar-refractivity contribution in [2.45, 2.75) is 33.0 Å². The quantitative estimate of drug-likeness (QED) is 0.336. The second kappa shape index (κ2) is 9.92. The van der Waals surface area contributed by atoms with E-state index in [9.17, 15) is 27.6 Å². The fourth-order valence-corrected chi connectivity index (χ4v) is 3.83. The van der Waals surface area contributed by atoms with E-state index in [4.69, 9.17) is 21.1 Å². The lowest BCUT2D eigenvalue weighted by Gasteiger charge is -2.13. The Labute approximate surface area is 197 Å². The smallest absolute Gasteiger partial charge is 0.422 e. The molecular formula is C23H22ClF3N2O5. The van der Waals surface area contributed by atoms with Crippen molar-refractivity contribution in [1.82, 2.24) is 9.13 Å². The monoisotopic (exact) mass is 498 g/mol. The number of benzene rings is 1. The number of esters is 1. The topological polar surface area (TPSA) is 79.5 Å². The van der Waals surface area contributed by atoms with Crippen molar-refractivity contribution in [2.24, 2.45) is 7.05 Å². The summed E-state index contributed by atoms with van der Waals surface area (Å²) in [5.41, 5.74) is -0.164. The molecule has 0 radical (unpaired) electrons. The van der Waals surface area contributed by atoms with Crippen LogP contribution in [-0.4, -0.2) is 40.3 Å². The maximum absolute atomic E-state index is 13.5. The predicted molar refractivity (Wildman–Crippen MR) is 120 cm³/mol. The van der Waals surface area contributed by atoms with Gasteiger partial charge in [0.15, 0.2) is 23.8 Å². The van der Waals surface area contributed by atoms with Crippen LogP contribution in [-0.2, 0) is 24.8 Å². The summed E-state index contributed by atoms with van der Waals surface area (Å²) in [7, 11) is 1.43. The molecule has 0 bridgehead atoms. The van der Waals surface area contributed by atoms with E-state index in [-0.39, 0.29) is 35.3 Å². The van der Waals surface area contributed by atoms with Crippen molar-refractivity contribution >= 4 is 34.3 Å². The Morgan fingerprint density at radius 3 is 2.44 bits per heavy atom. The number of rotatable bonds is 8. The van der Waals surface area contributed by atoms with Gasteiger partial charge in [-0.15, -0.1) is 0 Å². The second-order valence-corrected chi connectivity index (χ2v) is 7.87. The minimum absolute atomic E-state index is 0.0301. The molecule has 7 nitrogen and oxygen atoms in total. The molecule has 34 heavy (non-hydrogen) atoms. The Morgan fingerprint density at radius 1 is 1.15 bits per heavy atom. The molecule has 0 spiro atoms. The number of aromatic nitrogens is 2. The van der Waals surface area contributed by atoms with Crippen LogP contribution >= 0.6 is 11.6 Å². The molecule has 0 aliphatic rings. The van der Waals surface area contributed by atoms with Gasteiger partial charge in [0.2, 0.25) is 0 Å². The fraction of sp³-hybridized carbons (Fsp3) is 0.348. The van der Waals surface area contributed by atoms with E-state index in [0.717, 1.165) is 0 Å². The molecule has 3 rings (SSSR count). The minimum atomic E-state index is -4.71. The van der Waals surface area contributed by atoms with Gasteiger partial charge in [0.25, 0.3) is 5.56 Å². The van der Waals surface area contributed by atoms with Gasteiger partial charge in [-0.05, 0) is 31.5 Å². The number of Topliss-reactive ketones (excluding diaryl/α,β-unsaturated/α-hetero) is 1. The lowest BCUT2D eigenvalue weighted by molar-refractivity contribution is -0.153. The van der Waals surface area contributed by atoms with Crippen LogP contribution in [0.5, 0.6) is 5.75 Å². The summed E-state index contributed by atoms with van der Waals surface area (Å²) in [6.07, 6.45) is -4.37. The van der Waals surface area contributed by atoms with E-state index in [0.29, 0.717) is 17.1 Å². The van der Waals surface area contributed by atoms with Crippen LogP contribution in [0.2, 0.25) is 5.02 Å².